The first-order valence-corrected chi connectivity index (χ1v) is 12.9. The Morgan fingerprint density at radius 3 is 2.69 bits per heavy atom. The summed E-state index contributed by atoms with van der Waals surface area (Å²) in [5.41, 5.74) is 4.26. The number of benzene rings is 2. The highest BCUT2D eigenvalue weighted by Crippen LogP contribution is 2.46. The molecule has 0 bridgehead atoms. The largest absolute Gasteiger partial charge is 0.359 e. The molecule has 0 saturated carbocycles. The van der Waals surface area contributed by atoms with Crippen molar-refractivity contribution in [3.8, 4) is 0 Å². The number of rotatable bonds is 5. The molecule has 1 fully saturated rings. The summed E-state index contributed by atoms with van der Waals surface area (Å²) in [6, 6.07) is 18.4. The van der Waals surface area contributed by atoms with E-state index in [9.17, 15) is 0 Å². The minimum atomic E-state index is 0.378. The van der Waals surface area contributed by atoms with E-state index in [4.69, 9.17) is 12.2 Å². The first-order valence-electron chi connectivity index (χ1n) is 11.7. The maximum Gasteiger partial charge on any atom is 0.169 e. The molecule has 32 heavy (non-hydrogen) atoms. The van der Waals surface area contributed by atoms with Gasteiger partial charge in [-0.25, -0.2) is 0 Å². The standard InChI is InChI=1S/C26H32N4S2/c1-4-30(5-2)26(31)27-17-14-20-19-12-9-13-22-24(19)21(15-23(20)29(3)16-17)25(28-22)32-18-10-7-6-8-11-18/h6-13,17,20,23,28H,4-5,14-16H2,1-3H3,(H,27,31)/t17-,20+,23+/m0/s1. The van der Waals surface area contributed by atoms with E-state index in [1.807, 2.05) is 11.8 Å². The van der Waals surface area contributed by atoms with Crippen molar-refractivity contribution < 1.29 is 0 Å². The quantitative estimate of drug-likeness (QED) is 0.504. The molecule has 168 valence electrons. The number of nitrogens with zero attached hydrogens (tertiary/aromatic N) is 2. The number of aromatic amines is 1. The molecule has 4 nitrogen and oxygen atoms in total. The molecule has 1 saturated heterocycles. The lowest BCUT2D eigenvalue weighted by atomic mass is 9.74. The van der Waals surface area contributed by atoms with E-state index in [1.165, 1.54) is 32.0 Å². The van der Waals surface area contributed by atoms with Gasteiger partial charge < -0.3 is 20.1 Å². The minimum Gasteiger partial charge on any atom is -0.359 e. The molecule has 0 spiro atoms. The first-order chi connectivity index (χ1) is 15.6. The summed E-state index contributed by atoms with van der Waals surface area (Å²) in [4.78, 5) is 9.82. The lowest BCUT2D eigenvalue weighted by Crippen LogP contribution is -2.56. The summed E-state index contributed by atoms with van der Waals surface area (Å²) >= 11 is 7.58. The number of aromatic nitrogens is 1. The average molecular weight is 465 g/mol. The van der Waals surface area contributed by atoms with E-state index in [1.54, 1.807) is 0 Å². The molecule has 5 rings (SSSR count). The van der Waals surface area contributed by atoms with Gasteiger partial charge in [0.15, 0.2) is 5.11 Å². The number of H-pyrrole nitrogens is 1. The molecule has 2 heterocycles. The molecule has 1 aromatic heterocycles. The van der Waals surface area contributed by atoms with Crippen molar-refractivity contribution >= 4 is 40.0 Å². The molecule has 1 aliphatic heterocycles. The number of hydrogen-bond donors (Lipinski definition) is 2. The van der Waals surface area contributed by atoms with Crippen LogP contribution in [0.3, 0.4) is 0 Å². The Balaban J connectivity index is 1.46. The van der Waals surface area contributed by atoms with Gasteiger partial charge in [0, 0.05) is 53.4 Å². The van der Waals surface area contributed by atoms with E-state index in [2.05, 4.69) is 89.5 Å². The molecule has 2 aliphatic rings. The molecule has 2 N–H and O–H groups in total. The van der Waals surface area contributed by atoms with Gasteiger partial charge in [-0.2, -0.15) is 0 Å². The van der Waals surface area contributed by atoms with E-state index in [0.29, 0.717) is 18.0 Å². The third-order valence-electron chi connectivity index (χ3n) is 7.15. The Labute approximate surface area is 200 Å². The summed E-state index contributed by atoms with van der Waals surface area (Å²) in [5, 5.41) is 7.33. The van der Waals surface area contributed by atoms with Crippen molar-refractivity contribution in [1.82, 2.24) is 20.1 Å². The molecule has 6 heteroatoms. The molecular weight excluding hydrogens is 432 g/mol. The van der Waals surface area contributed by atoms with Gasteiger partial charge in [0.1, 0.15) is 0 Å². The number of thiocarbonyl (C=S) groups is 1. The average Bonchev–Trinajstić information content (AvgIpc) is 3.14. The molecule has 2 aromatic carbocycles. The van der Waals surface area contributed by atoms with E-state index in [-0.39, 0.29) is 0 Å². The second-order valence-corrected chi connectivity index (χ2v) is 10.5. The van der Waals surface area contributed by atoms with Gasteiger partial charge >= 0.3 is 0 Å². The fraction of sp³-hybridized carbons (Fsp3) is 0.423. The van der Waals surface area contributed by atoms with Gasteiger partial charge in [0.05, 0.1) is 5.03 Å². The third-order valence-corrected chi connectivity index (χ3v) is 8.59. The SMILES string of the molecule is CCN(CC)C(=S)N[C@H]1C[C@@H]2c3cccc4[nH]c(Sc5ccccc5)c(c34)C[C@H]2N(C)C1. The summed E-state index contributed by atoms with van der Waals surface area (Å²) in [6.07, 6.45) is 2.22. The maximum atomic E-state index is 5.72. The number of likely N-dealkylation sites (tertiary alicyclic amines) is 1. The zero-order chi connectivity index (χ0) is 22.2. The molecule has 0 unspecified atom stereocenters. The van der Waals surface area contributed by atoms with Crippen LogP contribution in [0, 0.1) is 0 Å². The Morgan fingerprint density at radius 2 is 1.94 bits per heavy atom. The summed E-state index contributed by atoms with van der Waals surface area (Å²) in [7, 11) is 2.29. The van der Waals surface area contributed by atoms with Crippen LogP contribution >= 0.6 is 24.0 Å². The van der Waals surface area contributed by atoms with E-state index >= 15 is 0 Å². The second-order valence-electron chi connectivity index (χ2n) is 8.99. The van der Waals surface area contributed by atoms with Gasteiger partial charge in [0.2, 0.25) is 0 Å². The second kappa shape index (κ2) is 9.08. The first kappa shape index (κ1) is 21.8. The Morgan fingerprint density at radius 1 is 1.16 bits per heavy atom. The van der Waals surface area contributed by atoms with Crippen LogP contribution in [0.1, 0.15) is 37.3 Å². The molecule has 3 atom stereocenters. The van der Waals surface area contributed by atoms with Crippen molar-refractivity contribution in [2.75, 3.05) is 26.7 Å². The highest BCUT2D eigenvalue weighted by atomic mass is 32.2. The van der Waals surface area contributed by atoms with Crippen LogP contribution in [0.15, 0.2) is 58.5 Å². The van der Waals surface area contributed by atoms with Crippen molar-refractivity contribution in [3.05, 3.63) is 59.7 Å². The lowest BCUT2D eigenvalue weighted by molar-refractivity contribution is 0.133. The van der Waals surface area contributed by atoms with Crippen molar-refractivity contribution in [3.63, 3.8) is 0 Å². The van der Waals surface area contributed by atoms with Crippen LogP contribution in [0.25, 0.3) is 10.9 Å². The fourth-order valence-corrected chi connectivity index (χ4v) is 6.99. The van der Waals surface area contributed by atoms with Crippen molar-refractivity contribution in [1.29, 1.82) is 0 Å². The molecular formula is C26H32N4S2. The van der Waals surface area contributed by atoms with Gasteiger partial charge in [0.25, 0.3) is 0 Å². The number of piperidine rings is 1. The summed E-state index contributed by atoms with van der Waals surface area (Å²) in [5.74, 6) is 0.521. The maximum absolute atomic E-state index is 5.72. The predicted molar refractivity (Wildman–Crippen MR) is 139 cm³/mol. The smallest absolute Gasteiger partial charge is 0.169 e. The third kappa shape index (κ3) is 3.93. The zero-order valence-electron chi connectivity index (χ0n) is 19.1. The van der Waals surface area contributed by atoms with Gasteiger partial charge in [-0.15, -0.1) is 0 Å². The molecule has 0 radical (unpaired) electrons. The number of fused-ring (bicyclic) bond motifs is 2. The normalized spacial score (nSPS) is 22.5. The van der Waals surface area contributed by atoms with Crippen LogP contribution in [0.2, 0.25) is 0 Å². The van der Waals surface area contributed by atoms with E-state index < -0.39 is 0 Å². The van der Waals surface area contributed by atoms with Crippen LogP contribution < -0.4 is 5.32 Å². The lowest BCUT2D eigenvalue weighted by Gasteiger charge is -2.46. The van der Waals surface area contributed by atoms with Crippen LogP contribution in [-0.4, -0.2) is 58.7 Å². The van der Waals surface area contributed by atoms with Gasteiger partial charge in [-0.05, 0) is 75.3 Å². The van der Waals surface area contributed by atoms with Gasteiger partial charge in [-0.1, -0.05) is 42.1 Å². The summed E-state index contributed by atoms with van der Waals surface area (Å²) < 4.78 is 0. The zero-order valence-corrected chi connectivity index (χ0v) is 20.7. The van der Waals surface area contributed by atoms with Crippen LogP contribution in [-0.2, 0) is 6.42 Å². The van der Waals surface area contributed by atoms with E-state index in [0.717, 1.165) is 37.6 Å². The highest BCUT2D eigenvalue weighted by molar-refractivity contribution is 7.99. The summed E-state index contributed by atoms with van der Waals surface area (Å²) in [6.45, 7) is 7.26. The van der Waals surface area contributed by atoms with Crippen LogP contribution in [0.4, 0.5) is 0 Å². The number of nitrogens with one attached hydrogen (secondary N) is 2. The number of likely N-dealkylation sites (N-methyl/N-ethyl adjacent to an activating group) is 1. The molecule has 0 amide bonds. The monoisotopic (exact) mass is 464 g/mol. The fourth-order valence-electron chi connectivity index (χ4n) is 5.57. The Hall–Kier alpha value is -2.02. The Kier molecular flexibility index (Phi) is 6.19. The van der Waals surface area contributed by atoms with Crippen molar-refractivity contribution in [2.24, 2.45) is 0 Å². The van der Waals surface area contributed by atoms with Crippen LogP contribution in [0.5, 0.6) is 0 Å². The molecule has 3 aromatic rings. The topological polar surface area (TPSA) is 34.3 Å². The molecule has 1 aliphatic carbocycles. The highest BCUT2D eigenvalue weighted by Gasteiger charge is 2.40. The van der Waals surface area contributed by atoms with Crippen molar-refractivity contribution in [2.45, 2.75) is 54.6 Å². The van der Waals surface area contributed by atoms with Gasteiger partial charge in [-0.3, -0.25) is 0 Å². The Bertz CT molecular complexity index is 1110. The number of hydrogen-bond acceptors (Lipinski definition) is 3. The minimum absolute atomic E-state index is 0.378. The predicted octanol–water partition coefficient (Wildman–Crippen LogP) is 5.25.